The van der Waals surface area contributed by atoms with Gasteiger partial charge in [-0.15, -0.1) is 0 Å². The first-order valence-electron chi connectivity index (χ1n) is 11.3. The number of rotatable bonds is 10. The fourth-order valence-corrected chi connectivity index (χ4v) is 5.31. The lowest BCUT2D eigenvalue weighted by Gasteiger charge is -2.22. The Bertz CT molecular complexity index is 1190. The number of imide groups is 1. The number of hydrogen-bond donors (Lipinski definition) is 2. The highest BCUT2D eigenvalue weighted by molar-refractivity contribution is 7.89. The number of carbonyl (C=O) groups excluding carboxylic acids is 3. The first-order chi connectivity index (χ1) is 16.6. The molecule has 1 heterocycles. The van der Waals surface area contributed by atoms with Crippen LogP contribution in [0.25, 0.3) is 0 Å². The average molecular weight is 503 g/mol. The van der Waals surface area contributed by atoms with Crippen molar-refractivity contribution in [2.24, 2.45) is 0 Å². The van der Waals surface area contributed by atoms with Crippen molar-refractivity contribution in [3.05, 3.63) is 54.1 Å². The van der Waals surface area contributed by atoms with Gasteiger partial charge in [0.1, 0.15) is 17.8 Å². The molecule has 0 radical (unpaired) electrons. The van der Waals surface area contributed by atoms with Crippen LogP contribution >= 0.6 is 0 Å². The number of sulfonamides is 1. The number of amides is 4. The van der Waals surface area contributed by atoms with E-state index in [2.05, 4.69) is 10.6 Å². The summed E-state index contributed by atoms with van der Waals surface area (Å²) >= 11 is 0. The molecule has 2 aromatic rings. The van der Waals surface area contributed by atoms with E-state index < -0.39 is 40.0 Å². The Labute approximate surface area is 205 Å². The predicted octanol–water partition coefficient (Wildman–Crippen LogP) is 2.52. The van der Waals surface area contributed by atoms with Gasteiger partial charge in [-0.05, 0) is 55.8 Å². The van der Waals surface area contributed by atoms with Crippen LogP contribution in [0.3, 0.4) is 0 Å². The van der Waals surface area contributed by atoms with Crippen molar-refractivity contribution in [3.8, 4) is 5.75 Å². The molecule has 2 aromatic carbocycles. The summed E-state index contributed by atoms with van der Waals surface area (Å²) in [5.74, 6) is -0.505. The molecule has 4 amide bonds. The average Bonchev–Trinajstić information content (AvgIpc) is 3.04. The van der Waals surface area contributed by atoms with Crippen LogP contribution in [0.5, 0.6) is 5.75 Å². The van der Waals surface area contributed by atoms with Crippen LogP contribution < -0.4 is 15.4 Å². The molecule has 1 saturated heterocycles. The SMILES string of the molecule is CCOc1ccc([C@@]2(C)NC(=O)N(CC(=O)Nc3ccc(S(=O)(=O)N(CC)CC)cc3)C2=O)cc1. The van der Waals surface area contributed by atoms with Gasteiger partial charge < -0.3 is 15.4 Å². The highest BCUT2D eigenvalue weighted by Gasteiger charge is 2.49. The zero-order valence-electron chi connectivity index (χ0n) is 20.2. The topological polar surface area (TPSA) is 125 Å². The summed E-state index contributed by atoms with van der Waals surface area (Å²) in [6.07, 6.45) is 0. The minimum atomic E-state index is -3.62. The van der Waals surface area contributed by atoms with Crippen molar-refractivity contribution in [1.82, 2.24) is 14.5 Å². The normalized spacial score (nSPS) is 18.0. The standard InChI is InChI=1S/C24H30N4O6S/c1-5-27(6-2)35(32,33)20-14-10-18(11-15-20)25-21(29)16-28-22(30)24(4,26-23(28)31)17-8-12-19(13-9-17)34-7-3/h8-15H,5-7,16H2,1-4H3,(H,25,29)(H,26,31)/t24-/m1/s1. The maximum atomic E-state index is 13.1. The van der Waals surface area contributed by atoms with Crippen LogP contribution in [0.1, 0.15) is 33.3 Å². The Balaban J connectivity index is 1.68. The van der Waals surface area contributed by atoms with Gasteiger partial charge in [0.05, 0.1) is 11.5 Å². The Hall–Kier alpha value is -3.44. The second kappa shape index (κ2) is 10.4. The van der Waals surface area contributed by atoms with Crippen molar-refractivity contribution in [2.75, 3.05) is 31.6 Å². The summed E-state index contributed by atoms with van der Waals surface area (Å²) in [6.45, 7) is 7.66. The monoisotopic (exact) mass is 502 g/mol. The minimum absolute atomic E-state index is 0.111. The molecule has 3 rings (SSSR count). The molecule has 1 aliphatic heterocycles. The fraction of sp³-hybridized carbons (Fsp3) is 0.375. The molecular weight excluding hydrogens is 472 g/mol. The molecule has 1 fully saturated rings. The summed E-state index contributed by atoms with van der Waals surface area (Å²) in [5, 5.41) is 5.25. The summed E-state index contributed by atoms with van der Waals surface area (Å²) < 4.78 is 32.0. The van der Waals surface area contributed by atoms with Crippen LogP contribution in [-0.2, 0) is 25.2 Å². The predicted molar refractivity (Wildman–Crippen MR) is 130 cm³/mol. The molecule has 10 nitrogen and oxygen atoms in total. The number of urea groups is 1. The maximum absolute atomic E-state index is 13.1. The second-order valence-electron chi connectivity index (χ2n) is 8.07. The Morgan fingerprint density at radius 2 is 1.63 bits per heavy atom. The molecule has 1 atom stereocenters. The molecule has 0 unspecified atom stereocenters. The van der Waals surface area contributed by atoms with E-state index in [0.717, 1.165) is 4.90 Å². The second-order valence-corrected chi connectivity index (χ2v) is 10.0. The van der Waals surface area contributed by atoms with E-state index in [9.17, 15) is 22.8 Å². The number of anilines is 1. The summed E-state index contributed by atoms with van der Waals surface area (Å²) in [4.78, 5) is 39.1. The highest BCUT2D eigenvalue weighted by Crippen LogP contribution is 2.30. The van der Waals surface area contributed by atoms with Gasteiger partial charge >= 0.3 is 6.03 Å². The van der Waals surface area contributed by atoms with E-state index >= 15 is 0 Å². The molecule has 35 heavy (non-hydrogen) atoms. The highest BCUT2D eigenvalue weighted by atomic mass is 32.2. The van der Waals surface area contributed by atoms with E-state index in [1.54, 1.807) is 45.0 Å². The van der Waals surface area contributed by atoms with Crippen LogP contribution in [0.15, 0.2) is 53.4 Å². The quantitative estimate of drug-likeness (QED) is 0.481. The van der Waals surface area contributed by atoms with E-state index in [0.29, 0.717) is 36.7 Å². The van der Waals surface area contributed by atoms with E-state index in [1.165, 1.54) is 28.6 Å². The van der Waals surface area contributed by atoms with Crippen LogP contribution in [-0.4, -0.2) is 61.7 Å². The molecular formula is C24H30N4O6S. The van der Waals surface area contributed by atoms with Gasteiger partial charge in [0.25, 0.3) is 5.91 Å². The van der Waals surface area contributed by atoms with Crippen molar-refractivity contribution in [3.63, 3.8) is 0 Å². The Morgan fingerprint density at radius 1 is 1.03 bits per heavy atom. The number of ether oxygens (including phenoxy) is 1. The van der Waals surface area contributed by atoms with E-state index in [-0.39, 0.29) is 4.90 Å². The third-order valence-corrected chi connectivity index (χ3v) is 7.86. The first-order valence-corrected chi connectivity index (χ1v) is 12.8. The molecule has 1 aliphatic rings. The van der Waals surface area contributed by atoms with Crippen molar-refractivity contribution in [1.29, 1.82) is 0 Å². The molecule has 188 valence electrons. The number of hydrogen-bond acceptors (Lipinski definition) is 6. The van der Waals surface area contributed by atoms with Crippen LogP contribution in [0.2, 0.25) is 0 Å². The van der Waals surface area contributed by atoms with Gasteiger partial charge in [0.2, 0.25) is 15.9 Å². The Kier molecular flexibility index (Phi) is 7.81. The lowest BCUT2D eigenvalue weighted by Crippen LogP contribution is -2.42. The molecule has 0 saturated carbocycles. The summed E-state index contributed by atoms with van der Waals surface area (Å²) in [5.41, 5.74) is -0.412. The van der Waals surface area contributed by atoms with Crippen molar-refractivity contribution >= 4 is 33.6 Å². The van der Waals surface area contributed by atoms with Crippen LogP contribution in [0.4, 0.5) is 10.5 Å². The van der Waals surface area contributed by atoms with E-state index in [1.807, 2.05) is 6.92 Å². The third kappa shape index (κ3) is 5.30. The Morgan fingerprint density at radius 3 is 2.17 bits per heavy atom. The maximum Gasteiger partial charge on any atom is 0.325 e. The molecule has 0 bridgehead atoms. The number of benzene rings is 2. The molecule has 0 aromatic heterocycles. The molecule has 2 N–H and O–H groups in total. The van der Waals surface area contributed by atoms with Gasteiger partial charge in [-0.3, -0.25) is 14.5 Å². The summed E-state index contributed by atoms with van der Waals surface area (Å²) in [6, 6.07) is 11.9. The zero-order valence-corrected chi connectivity index (χ0v) is 21.0. The first kappa shape index (κ1) is 26.2. The smallest absolute Gasteiger partial charge is 0.325 e. The van der Waals surface area contributed by atoms with Gasteiger partial charge in [-0.2, -0.15) is 4.31 Å². The van der Waals surface area contributed by atoms with Crippen molar-refractivity contribution in [2.45, 2.75) is 38.1 Å². The number of nitrogens with zero attached hydrogens (tertiary/aromatic N) is 2. The number of nitrogens with one attached hydrogen (secondary N) is 2. The van der Waals surface area contributed by atoms with Gasteiger partial charge in [-0.25, -0.2) is 13.2 Å². The molecule has 0 spiro atoms. The van der Waals surface area contributed by atoms with Crippen molar-refractivity contribution < 1.29 is 27.5 Å². The van der Waals surface area contributed by atoms with E-state index in [4.69, 9.17) is 4.74 Å². The fourth-order valence-electron chi connectivity index (χ4n) is 3.85. The third-order valence-electron chi connectivity index (χ3n) is 5.80. The van der Waals surface area contributed by atoms with Gasteiger partial charge in [0, 0.05) is 18.8 Å². The largest absolute Gasteiger partial charge is 0.494 e. The van der Waals surface area contributed by atoms with Gasteiger partial charge in [0.15, 0.2) is 0 Å². The summed E-state index contributed by atoms with van der Waals surface area (Å²) in [7, 11) is -3.62. The lowest BCUT2D eigenvalue weighted by molar-refractivity contribution is -0.133. The molecule has 11 heteroatoms. The van der Waals surface area contributed by atoms with Gasteiger partial charge in [-0.1, -0.05) is 26.0 Å². The minimum Gasteiger partial charge on any atom is -0.494 e. The number of carbonyl (C=O) groups is 3. The zero-order chi connectivity index (χ0) is 25.8. The van der Waals surface area contributed by atoms with Crippen LogP contribution in [0, 0.1) is 0 Å². The lowest BCUT2D eigenvalue weighted by atomic mass is 9.92. The molecule has 0 aliphatic carbocycles.